The molecule has 0 spiro atoms. The average Bonchev–Trinajstić information content (AvgIpc) is 2.86. The summed E-state index contributed by atoms with van der Waals surface area (Å²) in [7, 11) is 1.64. The van der Waals surface area contributed by atoms with E-state index in [0.717, 1.165) is 67.5 Å². The maximum absolute atomic E-state index is 12.3. The minimum absolute atomic E-state index is 0.619. The third kappa shape index (κ3) is 5.68. The van der Waals surface area contributed by atoms with Crippen LogP contribution < -0.4 is 4.74 Å². The summed E-state index contributed by atoms with van der Waals surface area (Å²) in [4.78, 5) is 23.3. The van der Waals surface area contributed by atoms with Crippen LogP contribution in [0, 0.1) is 5.41 Å². The number of ether oxygens (including phenoxy) is 1. The van der Waals surface area contributed by atoms with Crippen molar-refractivity contribution in [2.24, 2.45) is 5.41 Å². The van der Waals surface area contributed by atoms with Gasteiger partial charge in [0.15, 0.2) is 0 Å². The summed E-state index contributed by atoms with van der Waals surface area (Å²) in [5.41, 5.74) is 2.47. The molecule has 0 bridgehead atoms. The fourth-order valence-electron chi connectivity index (χ4n) is 5.02. The molecule has 1 aliphatic heterocycles. The van der Waals surface area contributed by atoms with E-state index in [-0.39, 0.29) is 0 Å². The molecule has 34 heavy (non-hydrogen) atoms. The molecule has 1 aliphatic rings. The minimum atomic E-state index is -0.671. The molecule has 3 aromatic rings. The molecule has 1 fully saturated rings. The van der Waals surface area contributed by atoms with E-state index in [4.69, 9.17) is 16.3 Å². The average molecular weight is 482 g/mol. The molecule has 1 N–H and O–H groups in total. The number of fused-ring (bicyclic) bond motifs is 1. The summed E-state index contributed by atoms with van der Waals surface area (Å²) < 4.78 is 5.37. The third-order valence-electron chi connectivity index (χ3n) is 7.15. The van der Waals surface area contributed by atoms with Crippen LogP contribution in [0.5, 0.6) is 5.75 Å². The van der Waals surface area contributed by atoms with E-state index in [0.29, 0.717) is 24.3 Å². The van der Waals surface area contributed by atoms with Crippen molar-refractivity contribution < 1.29 is 14.6 Å². The topological polar surface area (TPSA) is 75.6 Å². The van der Waals surface area contributed by atoms with Crippen LogP contribution >= 0.6 is 11.6 Å². The normalized spacial score (nSPS) is 15.9. The lowest BCUT2D eigenvalue weighted by molar-refractivity contribution is -0.152. The predicted octanol–water partition coefficient (Wildman–Crippen LogP) is 5.41. The van der Waals surface area contributed by atoms with Crippen molar-refractivity contribution in [1.29, 1.82) is 0 Å². The summed E-state index contributed by atoms with van der Waals surface area (Å²) >= 11 is 6.50. The van der Waals surface area contributed by atoms with Crippen LogP contribution in [-0.2, 0) is 17.6 Å². The number of nitrogens with zero attached hydrogens (tertiary/aromatic N) is 3. The summed E-state index contributed by atoms with van der Waals surface area (Å²) in [5.74, 6) is 0.0885. The number of rotatable bonds is 10. The number of benzene rings is 1. The molecule has 0 amide bonds. The Morgan fingerprint density at radius 1 is 1.18 bits per heavy atom. The predicted molar refractivity (Wildman–Crippen MR) is 135 cm³/mol. The highest BCUT2D eigenvalue weighted by atomic mass is 35.5. The van der Waals surface area contributed by atoms with Gasteiger partial charge < -0.3 is 14.7 Å². The second-order valence-corrected chi connectivity index (χ2v) is 9.62. The Kier molecular flexibility index (Phi) is 8.01. The zero-order chi connectivity index (χ0) is 24.0. The van der Waals surface area contributed by atoms with Gasteiger partial charge in [-0.15, -0.1) is 0 Å². The second kappa shape index (κ2) is 11.2. The van der Waals surface area contributed by atoms with Gasteiger partial charge in [-0.1, -0.05) is 17.7 Å². The van der Waals surface area contributed by atoms with Crippen molar-refractivity contribution in [2.45, 2.75) is 44.9 Å². The van der Waals surface area contributed by atoms with Crippen LogP contribution in [0.15, 0.2) is 48.9 Å². The van der Waals surface area contributed by atoms with E-state index in [1.807, 2.05) is 30.5 Å². The standard InChI is InChI=1S/C27H32ClN3O3/c1-34-21-8-9-25-23(17-21)22(24(28)19-30-25)7-2-10-27(26(32)33)11-15-31(16-12-27)14-4-6-20-5-3-13-29-18-20/h3,5,8-9,13,17-19H,2,4,6-7,10-12,14-16H2,1H3,(H,32,33). The Balaban J connectivity index is 1.34. The van der Waals surface area contributed by atoms with Crippen LogP contribution in [0.25, 0.3) is 10.9 Å². The Bertz CT molecular complexity index is 1110. The number of methoxy groups -OCH3 is 1. The van der Waals surface area contributed by atoms with Crippen LogP contribution in [0.1, 0.15) is 43.2 Å². The maximum atomic E-state index is 12.3. The number of halogens is 1. The SMILES string of the molecule is COc1ccc2ncc(Cl)c(CCCC3(C(=O)O)CCN(CCCc4cccnc4)CC3)c2c1. The lowest BCUT2D eigenvalue weighted by Crippen LogP contribution is -2.44. The fourth-order valence-corrected chi connectivity index (χ4v) is 5.26. The number of carboxylic acid groups (broad SMARTS) is 1. The molecule has 1 aromatic carbocycles. The van der Waals surface area contributed by atoms with Crippen molar-refractivity contribution in [3.8, 4) is 5.75 Å². The van der Waals surface area contributed by atoms with Gasteiger partial charge in [0.2, 0.25) is 0 Å². The van der Waals surface area contributed by atoms with E-state index in [2.05, 4.69) is 20.9 Å². The number of hydrogen-bond donors (Lipinski definition) is 1. The van der Waals surface area contributed by atoms with Crippen LogP contribution in [0.3, 0.4) is 0 Å². The smallest absolute Gasteiger partial charge is 0.309 e. The molecule has 4 rings (SSSR count). The van der Waals surface area contributed by atoms with E-state index in [9.17, 15) is 9.90 Å². The summed E-state index contributed by atoms with van der Waals surface area (Å²) in [6.07, 6.45) is 11.0. The first-order valence-electron chi connectivity index (χ1n) is 12.0. The van der Waals surface area contributed by atoms with Gasteiger partial charge in [-0.3, -0.25) is 14.8 Å². The Morgan fingerprint density at radius 2 is 2.00 bits per heavy atom. The Labute approximate surface area is 205 Å². The molecule has 0 aliphatic carbocycles. The highest BCUT2D eigenvalue weighted by Gasteiger charge is 2.40. The number of likely N-dealkylation sites (tertiary alicyclic amines) is 1. The molecule has 2 aromatic heterocycles. The van der Waals surface area contributed by atoms with E-state index in [1.54, 1.807) is 19.5 Å². The number of pyridine rings is 2. The third-order valence-corrected chi connectivity index (χ3v) is 7.47. The highest BCUT2D eigenvalue weighted by Crippen LogP contribution is 2.38. The number of hydrogen-bond acceptors (Lipinski definition) is 5. The molecular formula is C27H32ClN3O3. The Hall–Kier alpha value is -2.70. The zero-order valence-corrected chi connectivity index (χ0v) is 20.4. The van der Waals surface area contributed by atoms with Gasteiger partial charge >= 0.3 is 5.97 Å². The van der Waals surface area contributed by atoms with E-state index in [1.165, 1.54) is 5.56 Å². The molecule has 0 radical (unpaired) electrons. The monoisotopic (exact) mass is 481 g/mol. The van der Waals surface area contributed by atoms with Crippen molar-refractivity contribution in [1.82, 2.24) is 14.9 Å². The Morgan fingerprint density at radius 3 is 2.71 bits per heavy atom. The van der Waals surface area contributed by atoms with Gasteiger partial charge in [-0.25, -0.2) is 0 Å². The molecule has 6 nitrogen and oxygen atoms in total. The van der Waals surface area contributed by atoms with E-state index >= 15 is 0 Å². The number of piperidine rings is 1. The first kappa shape index (κ1) is 24.4. The number of aryl methyl sites for hydroxylation is 2. The van der Waals surface area contributed by atoms with Crippen molar-refractivity contribution >= 4 is 28.5 Å². The first-order valence-corrected chi connectivity index (χ1v) is 12.3. The highest BCUT2D eigenvalue weighted by molar-refractivity contribution is 6.32. The van der Waals surface area contributed by atoms with Gasteiger partial charge in [-0.05, 0) is 100.0 Å². The van der Waals surface area contributed by atoms with Gasteiger partial charge in [0.1, 0.15) is 5.75 Å². The molecule has 0 atom stereocenters. The van der Waals surface area contributed by atoms with Crippen molar-refractivity contribution in [3.63, 3.8) is 0 Å². The van der Waals surface area contributed by atoms with E-state index < -0.39 is 11.4 Å². The fraction of sp³-hybridized carbons (Fsp3) is 0.444. The molecule has 0 unspecified atom stereocenters. The van der Waals surface area contributed by atoms with Crippen molar-refractivity contribution in [3.05, 3.63) is 65.1 Å². The quantitative estimate of drug-likeness (QED) is 0.417. The molecular weight excluding hydrogens is 450 g/mol. The zero-order valence-electron chi connectivity index (χ0n) is 19.7. The van der Waals surface area contributed by atoms with Gasteiger partial charge in [0.25, 0.3) is 0 Å². The molecule has 180 valence electrons. The summed E-state index contributed by atoms with van der Waals surface area (Å²) in [6.45, 7) is 2.65. The van der Waals surface area contributed by atoms with Gasteiger partial charge in [-0.2, -0.15) is 0 Å². The summed E-state index contributed by atoms with van der Waals surface area (Å²) in [6, 6.07) is 9.84. The number of carbonyl (C=O) groups is 1. The molecule has 0 saturated carbocycles. The van der Waals surface area contributed by atoms with Gasteiger partial charge in [0.05, 0.1) is 23.1 Å². The number of aromatic nitrogens is 2. The molecule has 3 heterocycles. The lowest BCUT2D eigenvalue weighted by atomic mass is 9.74. The molecule has 7 heteroatoms. The van der Waals surface area contributed by atoms with Crippen LogP contribution in [0.4, 0.5) is 0 Å². The maximum Gasteiger partial charge on any atom is 0.309 e. The van der Waals surface area contributed by atoms with Gasteiger partial charge in [0, 0.05) is 24.0 Å². The minimum Gasteiger partial charge on any atom is -0.497 e. The first-order chi connectivity index (χ1) is 16.5. The second-order valence-electron chi connectivity index (χ2n) is 9.21. The summed E-state index contributed by atoms with van der Waals surface area (Å²) in [5, 5.41) is 11.7. The van der Waals surface area contributed by atoms with Crippen LogP contribution in [0.2, 0.25) is 5.02 Å². The lowest BCUT2D eigenvalue weighted by Gasteiger charge is -2.39. The molecule has 1 saturated heterocycles. The van der Waals surface area contributed by atoms with Crippen LogP contribution in [-0.4, -0.2) is 52.7 Å². The number of aliphatic carboxylic acids is 1. The largest absolute Gasteiger partial charge is 0.497 e. The number of carboxylic acids is 1. The van der Waals surface area contributed by atoms with Crippen molar-refractivity contribution in [2.75, 3.05) is 26.7 Å².